The Morgan fingerprint density at radius 2 is 1.96 bits per heavy atom. The van der Waals surface area contributed by atoms with Crippen LogP contribution in [0.2, 0.25) is 0 Å². The molecule has 0 bridgehead atoms. The Balaban J connectivity index is 1.43. The number of benzene rings is 1. The summed E-state index contributed by atoms with van der Waals surface area (Å²) >= 11 is 0. The molecule has 0 atom stereocenters. The molecule has 0 aliphatic carbocycles. The van der Waals surface area contributed by atoms with Crippen LogP contribution >= 0.6 is 0 Å². The molecule has 6 heteroatoms. The molecule has 2 N–H and O–H groups in total. The highest BCUT2D eigenvalue weighted by molar-refractivity contribution is 5.80. The molecule has 3 rings (SSSR count). The number of guanidine groups is 1. The molecule has 27 heavy (non-hydrogen) atoms. The molecule has 6 nitrogen and oxygen atoms in total. The normalized spacial score (nSPS) is 16.4. The highest BCUT2D eigenvalue weighted by Crippen LogP contribution is 2.13. The number of hydrogen-bond donors (Lipinski definition) is 2. The van der Waals surface area contributed by atoms with Crippen molar-refractivity contribution in [3.63, 3.8) is 0 Å². The van der Waals surface area contributed by atoms with Gasteiger partial charge in [0.05, 0.1) is 6.20 Å². The number of rotatable bonds is 7. The third kappa shape index (κ3) is 6.40. The Bertz CT molecular complexity index is 700. The van der Waals surface area contributed by atoms with Crippen LogP contribution in [0.25, 0.3) is 0 Å². The predicted octanol–water partition coefficient (Wildman–Crippen LogP) is 2.18. The molecule has 0 unspecified atom stereocenters. The minimum atomic E-state index is 0.494. The Morgan fingerprint density at radius 3 is 2.63 bits per heavy atom. The van der Waals surface area contributed by atoms with Crippen molar-refractivity contribution in [1.82, 2.24) is 25.3 Å². The summed E-state index contributed by atoms with van der Waals surface area (Å²) in [6, 6.07) is 11.2. The first kappa shape index (κ1) is 19.4. The number of aliphatic imine (C=N–C) groups is 1. The van der Waals surface area contributed by atoms with Crippen LogP contribution in [-0.2, 0) is 20.0 Å². The van der Waals surface area contributed by atoms with E-state index in [1.807, 2.05) is 17.9 Å². The number of nitrogens with zero attached hydrogens (tertiary/aromatic N) is 4. The van der Waals surface area contributed by atoms with Gasteiger partial charge in [-0.2, -0.15) is 5.10 Å². The van der Waals surface area contributed by atoms with Gasteiger partial charge in [-0.25, -0.2) is 0 Å². The Morgan fingerprint density at radius 1 is 1.19 bits per heavy atom. The molecule has 146 valence electrons. The van der Waals surface area contributed by atoms with Crippen LogP contribution in [0.4, 0.5) is 0 Å². The van der Waals surface area contributed by atoms with Gasteiger partial charge in [0.25, 0.3) is 0 Å². The lowest BCUT2D eigenvalue weighted by Gasteiger charge is -2.33. The van der Waals surface area contributed by atoms with Crippen molar-refractivity contribution in [2.45, 2.75) is 38.8 Å². The number of hydrogen-bond acceptors (Lipinski definition) is 3. The van der Waals surface area contributed by atoms with Gasteiger partial charge in [-0.05, 0) is 37.3 Å². The Hall–Kier alpha value is -2.34. The van der Waals surface area contributed by atoms with Crippen molar-refractivity contribution in [2.75, 3.05) is 26.2 Å². The zero-order valence-electron chi connectivity index (χ0n) is 16.6. The van der Waals surface area contributed by atoms with Gasteiger partial charge in [0.2, 0.25) is 0 Å². The van der Waals surface area contributed by atoms with E-state index in [9.17, 15) is 0 Å². The minimum absolute atomic E-state index is 0.494. The SMILES string of the molecule is CCNC(=NCCc1cnn(C)c1)NC1CCN(Cc2ccccc2)CC1. The van der Waals surface area contributed by atoms with E-state index < -0.39 is 0 Å². The van der Waals surface area contributed by atoms with Crippen LogP contribution in [0.3, 0.4) is 0 Å². The largest absolute Gasteiger partial charge is 0.357 e. The van der Waals surface area contributed by atoms with Gasteiger partial charge in [-0.3, -0.25) is 14.6 Å². The Labute approximate surface area is 162 Å². The van der Waals surface area contributed by atoms with Crippen molar-refractivity contribution in [3.8, 4) is 0 Å². The van der Waals surface area contributed by atoms with Gasteiger partial charge in [0.1, 0.15) is 0 Å². The van der Waals surface area contributed by atoms with Gasteiger partial charge in [0, 0.05) is 52.0 Å². The van der Waals surface area contributed by atoms with E-state index in [0.717, 1.165) is 57.9 Å². The van der Waals surface area contributed by atoms with E-state index in [4.69, 9.17) is 4.99 Å². The molecular weight excluding hydrogens is 336 g/mol. The highest BCUT2D eigenvalue weighted by atomic mass is 15.2. The van der Waals surface area contributed by atoms with Gasteiger partial charge in [-0.15, -0.1) is 0 Å². The topological polar surface area (TPSA) is 57.5 Å². The average molecular weight is 369 g/mol. The molecule has 1 aliphatic rings. The molecule has 1 fully saturated rings. The standard InChI is InChI=1S/C21H32N6/c1-3-22-21(23-12-9-19-15-24-26(2)16-19)25-20-10-13-27(14-11-20)17-18-7-5-4-6-8-18/h4-8,15-16,20H,3,9-14,17H2,1-2H3,(H2,22,23,25). The number of likely N-dealkylation sites (tertiary alicyclic amines) is 1. The quantitative estimate of drug-likeness (QED) is 0.581. The lowest BCUT2D eigenvalue weighted by Crippen LogP contribution is -2.48. The highest BCUT2D eigenvalue weighted by Gasteiger charge is 2.19. The van der Waals surface area contributed by atoms with Crippen molar-refractivity contribution in [1.29, 1.82) is 0 Å². The maximum Gasteiger partial charge on any atom is 0.191 e. The van der Waals surface area contributed by atoms with E-state index in [1.54, 1.807) is 0 Å². The molecule has 0 radical (unpaired) electrons. The fraction of sp³-hybridized carbons (Fsp3) is 0.524. The van der Waals surface area contributed by atoms with Gasteiger partial charge < -0.3 is 10.6 Å². The van der Waals surface area contributed by atoms with Gasteiger partial charge >= 0.3 is 0 Å². The van der Waals surface area contributed by atoms with E-state index >= 15 is 0 Å². The molecule has 0 amide bonds. The minimum Gasteiger partial charge on any atom is -0.357 e. The van der Waals surface area contributed by atoms with Crippen LogP contribution in [-0.4, -0.2) is 52.9 Å². The maximum atomic E-state index is 4.74. The van der Waals surface area contributed by atoms with E-state index in [-0.39, 0.29) is 0 Å². The van der Waals surface area contributed by atoms with Gasteiger partial charge in [0.15, 0.2) is 5.96 Å². The predicted molar refractivity (Wildman–Crippen MR) is 111 cm³/mol. The number of aryl methyl sites for hydroxylation is 1. The number of piperidine rings is 1. The van der Waals surface area contributed by atoms with E-state index in [0.29, 0.717) is 6.04 Å². The monoisotopic (exact) mass is 368 g/mol. The summed E-state index contributed by atoms with van der Waals surface area (Å²) in [5.74, 6) is 0.933. The van der Waals surface area contributed by atoms with Crippen molar-refractivity contribution < 1.29 is 0 Å². The third-order valence-corrected chi connectivity index (χ3v) is 4.95. The lowest BCUT2D eigenvalue weighted by atomic mass is 10.0. The van der Waals surface area contributed by atoms with Crippen LogP contribution in [0.15, 0.2) is 47.7 Å². The third-order valence-electron chi connectivity index (χ3n) is 4.95. The molecule has 1 aromatic carbocycles. The van der Waals surface area contributed by atoms with E-state index in [1.165, 1.54) is 11.1 Å². The molecule has 2 aromatic rings. The fourth-order valence-electron chi connectivity index (χ4n) is 3.49. The first-order chi connectivity index (χ1) is 13.2. The molecular formula is C21H32N6. The van der Waals surface area contributed by atoms with Crippen LogP contribution in [0.5, 0.6) is 0 Å². The summed E-state index contributed by atoms with van der Waals surface area (Å²) in [4.78, 5) is 7.28. The summed E-state index contributed by atoms with van der Waals surface area (Å²) in [5.41, 5.74) is 2.63. The second-order valence-corrected chi connectivity index (χ2v) is 7.21. The van der Waals surface area contributed by atoms with E-state index in [2.05, 4.69) is 64.1 Å². The number of nitrogens with one attached hydrogen (secondary N) is 2. The first-order valence-electron chi connectivity index (χ1n) is 10.0. The molecule has 0 saturated carbocycles. The zero-order valence-corrected chi connectivity index (χ0v) is 16.6. The second kappa shape index (κ2) is 10.1. The second-order valence-electron chi connectivity index (χ2n) is 7.21. The summed E-state index contributed by atoms with van der Waals surface area (Å²) in [6.45, 7) is 7.07. The van der Waals surface area contributed by atoms with Crippen molar-refractivity contribution in [3.05, 3.63) is 53.9 Å². The first-order valence-corrected chi connectivity index (χ1v) is 10.0. The van der Waals surface area contributed by atoms with Crippen molar-refractivity contribution in [2.24, 2.45) is 12.0 Å². The summed E-state index contributed by atoms with van der Waals surface area (Å²) < 4.78 is 1.84. The van der Waals surface area contributed by atoms with Crippen LogP contribution in [0, 0.1) is 0 Å². The van der Waals surface area contributed by atoms with Crippen LogP contribution in [0.1, 0.15) is 30.9 Å². The molecule has 0 spiro atoms. The number of aromatic nitrogens is 2. The van der Waals surface area contributed by atoms with Crippen LogP contribution < -0.4 is 10.6 Å². The summed E-state index contributed by atoms with van der Waals surface area (Å²) in [7, 11) is 1.95. The fourth-order valence-corrected chi connectivity index (χ4v) is 3.49. The molecule has 1 aliphatic heterocycles. The van der Waals surface area contributed by atoms with Gasteiger partial charge in [-0.1, -0.05) is 30.3 Å². The zero-order chi connectivity index (χ0) is 18.9. The lowest BCUT2D eigenvalue weighted by molar-refractivity contribution is 0.198. The van der Waals surface area contributed by atoms with Crippen molar-refractivity contribution >= 4 is 5.96 Å². The molecule has 1 aromatic heterocycles. The Kier molecular flexibility index (Phi) is 7.27. The summed E-state index contributed by atoms with van der Waals surface area (Å²) in [6.07, 6.45) is 7.19. The molecule has 2 heterocycles. The molecule has 1 saturated heterocycles. The average Bonchev–Trinajstić information content (AvgIpc) is 3.09. The smallest absolute Gasteiger partial charge is 0.191 e. The summed E-state index contributed by atoms with van der Waals surface area (Å²) in [5, 5.41) is 11.2. The maximum absolute atomic E-state index is 4.74.